The highest BCUT2D eigenvalue weighted by molar-refractivity contribution is 7.47. The summed E-state index contributed by atoms with van der Waals surface area (Å²) in [4.78, 5) is 73.0. The Morgan fingerprint density at radius 3 is 0.717 bits per heavy atom. The number of phosphoric acid groups is 2. The lowest BCUT2D eigenvalue weighted by atomic mass is 9.99. The van der Waals surface area contributed by atoms with Crippen molar-refractivity contribution >= 4 is 39.5 Å². The van der Waals surface area contributed by atoms with Crippen LogP contribution in [-0.4, -0.2) is 96.7 Å². The molecule has 0 saturated carbocycles. The molecule has 17 nitrogen and oxygen atoms in total. The van der Waals surface area contributed by atoms with Gasteiger partial charge >= 0.3 is 39.5 Å². The van der Waals surface area contributed by atoms with Gasteiger partial charge in [0.15, 0.2) is 12.2 Å². The molecule has 0 radical (unpaired) electrons. The van der Waals surface area contributed by atoms with E-state index in [0.717, 1.165) is 114 Å². The minimum absolute atomic E-state index is 0.105. The van der Waals surface area contributed by atoms with E-state index in [9.17, 15) is 43.2 Å². The Morgan fingerprint density at radius 1 is 0.283 bits per heavy atom. The number of phosphoric ester groups is 2. The molecule has 0 aromatic rings. The van der Waals surface area contributed by atoms with Gasteiger partial charge in [-0.3, -0.25) is 37.3 Å². The second-order valence-corrected chi connectivity index (χ2v) is 33.4. The Morgan fingerprint density at radius 2 is 0.485 bits per heavy atom. The summed E-state index contributed by atoms with van der Waals surface area (Å²) >= 11 is 0. The Bertz CT molecular complexity index is 1940. The van der Waals surface area contributed by atoms with Crippen molar-refractivity contribution in [1.82, 2.24) is 0 Å². The molecule has 3 unspecified atom stereocenters. The van der Waals surface area contributed by atoms with Gasteiger partial charge in [-0.2, -0.15) is 0 Å². The first-order valence-corrected chi connectivity index (χ1v) is 44.2. The SMILES string of the molecule is CCC(C)CCCCCCCCCCCCC(=O)O[C@H](COC(=O)CCCCCCCCCCC(C)C)COP(=O)(O)OC[C@H](O)COP(=O)(O)OC[C@@H](COC(=O)CCCCCCCCCCCCCCCCC(C)C)OC(=O)CCCCCCCCCCCCCCCCC(C)C. The molecule has 0 bridgehead atoms. The van der Waals surface area contributed by atoms with Crippen LogP contribution in [0.1, 0.15) is 409 Å². The highest BCUT2D eigenvalue weighted by atomic mass is 31.2. The minimum Gasteiger partial charge on any atom is -0.462 e. The van der Waals surface area contributed by atoms with Crippen molar-refractivity contribution in [2.24, 2.45) is 23.7 Å². The lowest BCUT2D eigenvalue weighted by Crippen LogP contribution is -2.30. The lowest BCUT2D eigenvalue weighted by Gasteiger charge is -2.21. The minimum atomic E-state index is -4.96. The number of ether oxygens (including phenoxy) is 4. The highest BCUT2D eigenvalue weighted by Gasteiger charge is 2.30. The molecule has 0 saturated heterocycles. The van der Waals surface area contributed by atoms with Crippen molar-refractivity contribution in [2.45, 2.75) is 427 Å². The van der Waals surface area contributed by atoms with Gasteiger partial charge in [0.2, 0.25) is 0 Å². The number of hydrogen-bond acceptors (Lipinski definition) is 15. The Balaban J connectivity index is 5.27. The molecule has 0 aromatic heterocycles. The number of unbranched alkanes of at least 4 members (excludes halogenated alkanes) is 42. The predicted molar refractivity (Wildman–Crippen MR) is 404 cm³/mol. The van der Waals surface area contributed by atoms with E-state index in [4.69, 9.17) is 37.0 Å². The molecule has 0 rings (SSSR count). The van der Waals surface area contributed by atoms with E-state index in [1.54, 1.807) is 0 Å². The topological polar surface area (TPSA) is 237 Å². The molecular formula is C80H156O17P2. The fourth-order valence-electron chi connectivity index (χ4n) is 12.2. The zero-order valence-corrected chi connectivity index (χ0v) is 66.9. The van der Waals surface area contributed by atoms with Crippen LogP contribution >= 0.6 is 15.6 Å². The van der Waals surface area contributed by atoms with Crippen molar-refractivity contribution in [3.05, 3.63) is 0 Å². The molecule has 6 atom stereocenters. The molecule has 588 valence electrons. The Hall–Kier alpha value is -1.94. The fourth-order valence-corrected chi connectivity index (χ4v) is 13.8. The number of hydrogen-bond donors (Lipinski definition) is 3. The normalized spacial score (nSPS) is 14.3. The summed E-state index contributed by atoms with van der Waals surface area (Å²) in [5.41, 5.74) is 0. The fraction of sp³-hybridized carbons (Fsp3) is 0.950. The quantitative estimate of drug-likeness (QED) is 0.0222. The number of carbonyl (C=O) groups excluding carboxylic acids is 4. The molecular weight excluding hydrogens is 1290 g/mol. The van der Waals surface area contributed by atoms with Crippen molar-refractivity contribution in [3.8, 4) is 0 Å². The third-order valence-electron chi connectivity index (χ3n) is 18.9. The summed E-state index contributed by atoms with van der Waals surface area (Å²) in [6, 6.07) is 0. The van der Waals surface area contributed by atoms with Crippen LogP contribution in [0.4, 0.5) is 0 Å². The molecule has 0 aliphatic carbocycles. The molecule has 0 heterocycles. The van der Waals surface area contributed by atoms with Crippen LogP contribution in [0, 0.1) is 23.7 Å². The van der Waals surface area contributed by atoms with Crippen LogP contribution in [-0.2, 0) is 65.4 Å². The number of esters is 4. The van der Waals surface area contributed by atoms with E-state index in [1.165, 1.54) is 212 Å². The average molecular weight is 1450 g/mol. The van der Waals surface area contributed by atoms with Crippen LogP contribution < -0.4 is 0 Å². The number of aliphatic hydroxyl groups excluding tert-OH is 1. The maximum atomic E-state index is 13.1. The number of rotatable bonds is 77. The van der Waals surface area contributed by atoms with Crippen molar-refractivity contribution < 1.29 is 80.2 Å². The van der Waals surface area contributed by atoms with Gasteiger partial charge in [0.1, 0.15) is 19.3 Å². The van der Waals surface area contributed by atoms with Crippen LogP contribution in [0.25, 0.3) is 0 Å². The van der Waals surface area contributed by atoms with Gasteiger partial charge in [-0.1, -0.05) is 357 Å². The summed E-state index contributed by atoms with van der Waals surface area (Å²) in [6.45, 7) is 14.3. The van der Waals surface area contributed by atoms with Crippen molar-refractivity contribution in [3.63, 3.8) is 0 Å². The second kappa shape index (κ2) is 69.1. The van der Waals surface area contributed by atoms with Gasteiger partial charge in [0.25, 0.3) is 0 Å². The second-order valence-electron chi connectivity index (χ2n) is 30.5. The number of carbonyl (C=O) groups is 4. The van der Waals surface area contributed by atoms with Crippen molar-refractivity contribution in [1.29, 1.82) is 0 Å². The summed E-state index contributed by atoms with van der Waals surface area (Å²) in [5, 5.41) is 10.6. The Labute approximate surface area is 607 Å². The first-order valence-electron chi connectivity index (χ1n) is 41.2. The molecule has 0 aliphatic heterocycles. The van der Waals surface area contributed by atoms with Crippen molar-refractivity contribution in [2.75, 3.05) is 39.6 Å². The number of aliphatic hydroxyl groups is 1. The van der Waals surface area contributed by atoms with E-state index in [0.29, 0.717) is 25.7 Å². The molecule has 0 aromatic carbocycles. The zero-order chi connectivity index (χ0) is 73.1. The smallest absolute Gasteiger partial charge is 0.462 e. The molecule has 0 amide bonds. The molecule has 99 heavy (non-hydrogen) atoms. The standard InChI is InChI=1S/C80H156O17P2/c1-9-73(8)59-51-43-35-26-22-23-29-39-47-55-63-80(85)97-76(67-91-78(83)61-53-45-37-31-30-34-42-50-58-72(6)7)69-95-99(88,89)93-65-74(81)64-92-98(86,87)94-68-75(96-79(84)62-54-46-38-28-21-17-13-11-15-19-25-33-41-49-57-71(4)5)66-90-77(82)60-52-44-36-27-20-16-12-10-14-18-24-32-40-48-56-70(2)3/h70-76,81H,9-69H2,1-8H3,(H,86,87)(H,88,89)/t73?,74-,75-,76-/m1/s1. The van der Waals surface area contributed by atoms with Gasteiger partial charge in [0, 0.05) is 25.7 Å². The third kappa shape index (κ3) is 72.8. The first kappa shape index (κ1) is 97.1. The van der Waals surface area contributed by atoms with Gasteiger partial charge in [0.05, 0.1) is 26.4 Å². The van der Waals surface area contributed by atoms with Gasteiger partial charge in [-0.15, -0.1) is 0 Å². The van der Waals surface area contributed by atoms with E-state index in [-0.39, 0.29) is 25.7 Å². The Kier molecular flexibility index (Phi) is 67.8. The van der Waals surface area contributed by atoms with E-state index in [2.05, 4.69) is 55.4 Å². The highest BCUT2D eigenvalue weighted by Crippen LogP contribution is 2.45. The summed E-state index contributed by atoms with van der Waals surface area (Å²) in [6.07, 6.45) is 55.4. The van der Waals surface area contributed by atoms with Crippen LogP contribution in [0.3, 0.4) is 0 Å². The summed E-state index contributed by atoms with van der Waals surface area (Å²) < 4.78 is 68.7. The molecule has 0 aliphatic rings. The molecule has 3 N–H and O–H groups in total. The largest absolute Gasteiger partial charge is 0.472 e. The van der Waals surface area contributed by atoms with E-state index in [1.807, 2.05) is 0 Å². The van der Waals surface area contributed by atoms with Gasteiger partial charge in [-0.25, -0.2) is 9.13 Å². The summed E-state index contributed by atoms with van der Waals surface area (Å²) in [5.74, 6) is 1.01. The van der Waals surface area contributed by atoms with Crippen LogP contribution in [0.2, 0.25) is 0 Å². The van der Waals surface area contributed by atoms with E-state index >= 15 is 0 Å². The first-order chi connectivity index (χ1) is 47.6. The molecule has 0 spiro atoms. The predicted octanol–water partition coefficient (Wildman–Crippen LogP) is 23.6. The monoisotopic (exact) mass is 1450 g/mol. The molecule has 19 heteroatoms. The van der Waals surface area contributed by atoms with Gasteiger partial charge < -0.3 is 33.8 Å². The van der Waals surface area contributed by atoms with Gasteiger partial charge in [-0.05, 0) is 49.4 Å². The molecule has 0 fully saturated rings. The average Bonchev–Trinajstić information content (AvgIpc) is 1.21. The van der Waals surface area contributed by atoms with Crippen LogP contribution in [0.15, 0.2) is 0 Å². The lowest BCUT2D eigenvalue weighted by molar-refractivity contribution is -0.161. The third-order valence-corrected chi connectivity index (χ3v) is 20.8. The van der Waals surface area contributed by atoms with E-state index < -0.39 is 97.5 Å². The maximum Gasteiger partial charge on any atom is 0.472 e. The van der Waals surface area contributed by atoms with Crippen LogP contribution in [0.5, 0.6) is 0 Å². The summed E-state index contributed by atoms with van der Waals surface area (Å²) in [7, 11) is -9.92. The zero-order valence-electron chi connectivity index (χ0n) is 65.1. The maximum absolute atomic E-state index is 13.1.